The van der Waals surface area contributed by atoms with Crippen LogP contribution in [0, 0.1) is 10.1 Å². The Balaban J connectivity index is 1.74. The van der Waals surface area contributed by atoms with Crippen molar-refractivity contribution >= 4 is 39.8 Å². The van der Waals surface area contributed by atoms with Gasteiger partial charge in [0.15, 0.2) is 12.4 Å². The molecule has 0 unspecified atom stereocenters. The standard InChI is InChI=1S/C17H12ClN3O4/c18-12-7-8-13(17-11(12)4-3-9-19-17)20-16(22)10-25-15-6-2-1-5-14(15)21(23)24/h1-9H,10H2,(H,20,22). The van der Waals surface area contributed by atoms with Gasteiger partial charge in [0.1, 0.15) is 0 Å². The van der Waals surface area contributed by atoms with Gasteiger partial charge in [-0.2, -0.15) is 0 Å². The smallest absolute Gasteiger partial charge is 0.310 e. The molecular weight excluding hydrogens is 346 g/mol. The highest BCUT2D eigenvalue weighted by Gasteiger charge is 2.15. The van der Waals surface area contributed by atoms with Crippen LogP contribution in [0.1, 0.15) is 0 Å². The number of nitro groups is 1. The van der Waals surface area contributed by atoms with Crippen molar-refractivity contribution in [3.8, 4) is 5.75 Å². The lowest BCUT2D eigenvalue weighted by Gasteiger charge is -2.10. The number of nitrogens with zero attached hydrogens (tertiary/aromatic N) is 2. The summed E-state index contributed by atoms with van der Waals surface area (Å²) in [6, 6.07) is 12.7. The second kappa shape index (κ2) is 7.14. The molecule has 0 fully saturated rings. The normalized spacial score (nSPS) is 10.4. The number of amides is 1. The second-order valence-electron chi connectivity index (χ2n) is 5.06. The lowest BCUT2D eigenvalue weighted by atomic mass is 10.2. The van der Waals surface area contributed by atoms with Crippen LogP contribution in [0.15, 0.2) is 54.7 Å². The van der Waals surface area contributed by atoms with E-state index in [1.54, 1.807) is 36.5 Å². The molecule has 7 nitrogen and oxygen atoms in total. The van der Waals surface area contributed by atoms with Crippen molar-refractivity contribution in [3.63, 3.8) is 0 Å². The summed E-state index contributed by atoms with van der Waals surface area (Å²) in [5, 5.41) is 14.9. The predicted molar refractivity (Wildman–Crippen MR) is 94.0 cm³/mol. The first-order valence-corrected chi connectivity index (χ1v) is 7.63. The van der Waals surface area contributed by atoms with Crippen molar-refractivity contribution in [1.82, 2.24) is 4.98 Å². The maximum absolute atomic E-state index is 12.1. The largest absolute Gasteiger partial charge is 0.477 e. The second-order valence-corrected chi connectivity index (χ2v) is 5.46. The molecule has 0 aliphatic rings. The van der Waals surface area contributed by atoms with Crippen LogP contribution in [0.4, 0.5) is 11.4 Å². The molecule has 0 aliphatic carbocycles. The maximum Gasteiger partial charge on any atom is 0.310 e. The Hall–Kier alpha value is -3.19. The number of nitro benzene ring substituents is 1. The fourth-order valence-corrected chi connectivity index (χ4v) is 2.51. The first-order chi connectivity index (χ1) is 12.1. The van der Waals surface area contributed by atoms with Crippen LogP contribution >= 0.6 is 11.6 Å². The van der Waals surface area contributed by atoms with Crippen LogP contribution < -0.4 is 10.1 Å². The summed E-state index contributed by atoms with van der Waals surface area (Å²) >= 11 is 6.11. The van der Waals surface area contributed by atoms with Gasteiger partial charge in [-0.15, -0.1) is 0 Å². The van der Waals surface area contributed by atoms with Crippen molar-refractivity contribution in [2.24, 2.45) is 0 Å². The first kappa shape index (κ1) is 16.7. The Morgan fingerprint density at radius 3 is 2.80 bits per heavy atom. The van der Waals surface area contributed by atoms with E-state index in [-0.39, 0.29) is 18.0 Å². The molecule has 2 aromatic carbocycles. The minimum absolute atomic E-state index is 0.0294. The number of anilines is 1. The Kier molecular flexibility index (Phi) is 4.76. The zero-order valence-electron chi connectivity index (χ0n) is 12.8. The number of rotatable bonds is 5. The van der Waals surface area contributed by atoms with Crippen LogP contribution in [0.25, 0.3) is 10.9 Å². The summed E-state index contributed by atoms with van der Waals surface area (Å²) in [6.07, 6.45) is 1.60. The van der Waals surface area contributed by atoms with Gasteiger partial charge >= 0.3 is 5.69 Å². The van der Waals surface area contributed by atoms with Gasteiger partial charge in [0.2, 0.25) is 0 Å². The fraction of sp³-hybridized carbons (Fsp3) is 0.0588. The van der Waals surface area contributed by atoms with Crippen LogP contribution in [-0.4, -0.2) is 22.4 Å². The quantitative estimate of drug-likeness (QED) is 0.553. The number of carbonyl (C=O) groups is 1. The topological polar surface area (TPSA) is 94.4 Å². The molecule has 0 atom stereocenters. The van der Waals surface area contributed by atoms with Gasteiger partial charge in [-0.05, 0) is 30.3 Å². The summed E-state index contributed by atoms with van der Waals surface area (Å²) in [5.41, 5.74) is 0.833. The van der Waals surface area contributed by atoms with Crippen molar-refractivity contribution in [2.45, 2.75) is 0 Å². The molecule has 0 radical (unpaired) electrons. The van der Waals surface area contributed by atoms with Crippen molar-refractivity contribution in [2.75, 3.05) is 11.9 Å². The zero-order valence-corrected chi connectivity index (χ0v) is 13.6. The molecule has 0 saturated heterocycles. The highest BCUT2D eigenvalue weighted by atomic mass is 35.5. The lowest BCUT2D eigenvalue weighted by molar-refractivity contribution is -0.385. The van der Waals surface area contributed by atoms with E-state index in [0.29, 0.717) is 21.6 Å². The number of hydrogen-bond acceptors (Lipinski definition) is 5. The summed E-state index contributed by atoms with van der Waals surface area (Å²) in [4.78, 5) is 26.7. The Morgan fingerprint density at radius 2 is 2.00 bits per heavy atom. The predicted octanol–water partition coefficient (Wildman–Crippen LogP) is 3.81. The van der Waals surface area contributed by atoms with Gasteiger partial charge in [-0.25, -0.2) is 0 Å². The Bertz CT molecular complexity index is 962. The van der Waals surface area contributed by atoms with E-state index in [9.17, 15) is 14.9 Å². The number of fused-ring (bicyclic) bond motifs is 1. The minimum atomic E-state index is -0.566. The first-order valence-electron chi connectivity index (χ1n) is 7.25. The molecule has 8 heteroatoms. The average molecular weight is 358 g/mol. The number of halogens is 1. The number of hydrogen-bond donors (Lipinski definition) is 1. The van der Waals surface area contributed by atoms with E-state index in [2.05, 4.69) is 10.3 Å². The minimum Gasteiger partial charge on any atom is -0.477 e. The molecule has 3 rings (SSSR count). The number of carbonyl (C=O) groups excluding carboxylic acids is 1. The Labute approximate surface area is 147 Å². The van der Waals surface area contributed by atoms with Crippen LogP contribution in [0.3, 0.4) is 0 Å². The van der Waals surface area contributed by atoms with E-state index in [1.165, 1.54) is 18.2 Å². The van der Waals surface area contributed by atoms with E-state index in [0.717, 1.165) is 0 Å². The molecule has 0 aliphatic heterocycles. The number of pyridine rings is 1. The maximum atomic E-state index is 12.1. The SMILES string of the molecule is O=C(COc1ccccc1[N+](=O)[O-])Nc1ccc(Cl)c2cccnc12. The van der Waals surface area contributed by atoms with E-state index in [4.69, 9.17) is 16.3 Å². The third kappa shape index (κ3) is 3.67. The third-order valence-corrected chi connectivity index (χ3v) is 3.74. The van der Waals surface area contributed by atoms with Crippen LogP contribution in [0.2, 0.25) is 5.02 Å². The summed E-state index contributed by atoms with van der Waals surface area (Å²) in [7, 11) is 0. The Morgan fingerprint density at radius 1 is 1.20 bits per heavy atom. The van der Waals surface area contributed by atoms with Crippen molar-refractivity contribution in [1.29, 1.82) is 0 Å². The highest BCUT2D eigenvalue weighted by Crippen LogP contribution is 2.28. The number of benzene rings is 2. The van der Waals surface area contributed by atoms with E-state index >= 15 is 0 Å². The lowest BCUT2D eigenvalue weighted by Crippen LogP contribution is -2.20. The van der Waals surface area contributed by atoms with Gasteiger partial charge in [0.05, 0.1) is 21.2 Å². The summed E-state index contributed by atoms with van der Waals surface area (Å²) in [6.45, 7) is -0.373. The average Bonchev–Trinajstić information content (AvgIpc) is 2.63. The summed E-state index contributed by atoms with van der Waals surface area (Å²) < 4.78 is 5.27. The molecule has 1 N–H and O–H groups in total. The molecule has 1 heterocycles. The molecule has 25 heavy (non-hydrogen) atoms. The van der Waals surface area contributed by atoms with E-state index < -0.39 is 10.8 Å². The molecule has 0 bridgehead atoms. The number of para-hydroxylation sites is 2. The molecule has 1 aromatic heterocycles. The molecule has 3 aromatic rings. The van der Waals surface area contributed by atoms with Crippen LogP contribution in [-0.2, 0) is 4.79 Å². The molecule has 0 saturated carbocycles. The monoisotopic (exact) mass is 357 g/mol. The molecule has 126 valence electrons. The number of nitrogens with one attached hydrogen (secondary N) is 1. The molecule has 1 amide bonds. The van der Waals surface area contributed by atoms with Gasteiger partial charge in [0, 0.05) is 17.6 Å². The van der Waals surface area contributed by atoms with Gasteiger partial charge in [-0.1, -0.05) is 23.7 Å². The highest BCUT2D eigenvalue weighted by molar-refractivity contribution is 6.35. The van der Waals surface area contributed by atoms with Crippen LogP contribution in [0.5, 0.6) is 5.75 Å². The van der Waals surface area contributed by atoms with Crippen molar-refractivity contribution in [3.05, 3.63) is 69.9 Å². The number of aromatic nitrogens is 1. The third-order valence-electron chi connectivity index (χ3n) is 3.41. The zero-order chi connectivity index (χ0) is 17.8. The molecular formula is C17H12ClN3O4. The molecule has 0 spiro atoms. The van der Waals surface area contributed by atoms with Crippen molar-refractivity contribution < 1.29 is 14.5 Å². The van der Waals surface area contributed by atoms with Gasteiger partial charge in [-0.3, -0.25) is 19.9 Å². The van der Waals surface area contributed by atoms with E-state index in [1.807, 2.05) is 0 Å². The number of ether oxygens (including phenoxy) is 1. The van der Waals surface area contributed by atoms with Gasteiger partial charge in [0.25, 0.3) is 5.91 Å². The fourth-order valence-electron chi connectivity index (χ4n) is 2.30. The summed E-state index contributed by atoms with van der Waals surface area (Å²) in [5.74, 6) is -0.436. The van der Waals surface area contributed by atoms with Gasteiger partial charge < -0.3 is 10.1 Å².